The highest BCUT2D eigenvalue weighted by atomic mass is 16.5. The van der Waals surface area contributed by atoms with Crippen LogP contribution >= 0.6 is 0 Å². The summed E-state index contributed by atoms with van der Waals surface area (Å²) in [4.78, 5) is 23.3. The summed E-state index contributed by atoms with van der Waals surface area (Å²) in [5, 5.41) is 7.07. The van der Waals surface area contributed by atoms with Gasteiger partial charge >= 0.3 is 0 Å². The van der Waals surface area contributed by atoms with Crippen molar-refractivity contribution in [3.05, 3.63) is 0 Å². The van der Waals surface area contributed by atoms with Crippen LogP contribution in [0.25, 0.3) is 0 Å². The van der Waals surface area contributed by atoms with Crippen LogP contribution in [0.3, 0.4) is 0 Å². The summed E-state index contributed by atoms with van der Waals surface area (Å²) in [6.45, 7) is 7.91. The molecule has 2 heterocycles. The predicted molar refractivity (Wildman–Crippen MR) is 121 cm³/mol. The molecule has 0 bridgehead atoms. The van der Waals surface area contributed by atoms with E-state index in [0.29, 0.717) is 6.04 Å². The van der Waals surface area contributed by atoms with Gasteiger partial charge in [0.1, 0.15) is 6.54 Å². The van der Waals surface area contributed by atoms with E-state index in [1.54, 1.807) is 19.0 Å². The highest BCUT2D eigenvalue weighted by molar-refractivity contribution is 5.84. The standard InChI is InChI=1S/C22H42N6O2/c1-26(2)21(29)18-24-22(23-10-13-27-14-16-30-17-15-27)25-19-8-11-28(12-9-19)20-6-4-3-5-7-20/h19-20H,3-18H2,1-2H3,(H2,23,24,25). The average molecular weight is 423 g/mol. The number of guanidine groups is 1. The van der Waals surface area contributed by atoms with Gasteiger partial charge < -0.3 is 25.2 Å². The SMILES string of the molecule is CN(C)C(=O)CN=C(NCCN1CCOCC1)NC1CCN(C2CCCCC2)CC1. The number of likely N-dealkylation sites (tertiary alicyclic amines) is 1. The summed E-state index contributed by atoms with van der Waals surface area (Å²) >= 11 is 0. The van der Waals surface area contributed by atoms with Gasteiger partial charge in [-0.3, -0.25) is 9.69 Å². The van der Waals surface area contributed by atoms with E-state index in [4.69, 9.17) is 4.74 Å². The van der Waals surface area contributed by atoms with Gasteiger partial charge in [-0.05, 0) is 25.7 Å². The van der Waals surface area contributed by atoms with Crippen LogP contribution in [0.4, 0.5) is 0 Å². The van der Waals surface area contributed by atoms with Gasteiger partial charge in [0.05, 0.1) is 13.2 Å². The van der Waals surface area contributed by atoms with Crippen LogP contribution in [0.1, 0.15) is 44.9 Å². The molecule has 3 rings (SSSR count). The van der Waals surface area contributed by atoms with E-state index in [1.807, 2.05) is 0 Å². The lowest BCUT2D eigenvalue weighted by Gasteiger charge is -2.39. The monoisotopic (exact) mass is 422 g/mol. The Morgan fingerprint density at radius 3 is 2.40 bits per heavy atom. The molecule has 2 N–H and O–H groups in total. The number of carbonyl (C=O) groups excluding carboxylic acids is 1. The number of nitrogens with zero attached hydrogens (tertiary/aromatic N) is 4. The minimum Gasteiger partial charge on any atom is -0.379 e. The maximum atomic E-state index is 12.0. The Kier molecular flexibility index (Phi) is 9.68. The fraction of sp³-hybridized carbons (Fsp3) is 0.909. The Balaban J connectivity index is 1.46. The zero-order valence-corrected chi connectivity index (χ0v) is 19.1. The third kappa shape index (κ3) is 7.71. The number of rotatable bonds is 7. The molecule has 3 fully saturated rings. The Morgan fingerprint density at radius 1 is 1.03 bits per heavy atom. The smallest absolute Gasteiger partial charge is 0.243 e. The minimum atomic E-state index is 0.0244. The van der Waals surface area contributed by atoms with Gasteiger partial charge in [0, 0.05) is 65.4 Å². The normalized spacial score (nSPS) is 23.3. The van der Waals surface area contributed by atoms with Crippen LogP contribution < -0.4 is 10.6 Å². The third-order valence-corrected chi connectivity index (χ3v) is 6.66. The van der Waals surface area contributed by atoms with Crippen molar-refractivity contribution in [2.45, 2.75) is 57.0 Å². The number of aliphatic imine (C=N–C) groups is 1. The highest BCUT2D eigenvalue weighted by Gasteiger charge is 2.26. The molecule has 3 aliphatic rings. The lowest BCUT2D eigenvalue weighted by Crippen LogP contribution is -2.52. The molecule has 30 heavy (non-hydrogen) atoms. The first-order valence-electron chi connectivity index (χ1n) is 11.9. The second kappa shape index (κ2) is 12.5. The Morgan fingerprint density at radius 2 is 1.73 bits per heavy atom. The fourth-order valence-electron chi connectivity index (χ4n) is 4.65. The molecule has 0 unspecified atom stereocenters. The summed E-state index contributed by atoms with van der Waals surface area (Å²) in [6, 6.07) is 1.23. The second-order valence-electron chi connectivity index (χ2n) is 9.08. The topological polar surface area (TPSA) is 72.4 Å². The lowest BCUT2D eigenvalue weighted by atomic mass is 9.92. The number of morpholine rings is 1. The molecule has 172 valence electrons. The minimum absolute atomic E-state index is 0.0244. The first-order valence-corrected chi connectivity index (χ1v) is 11.9. The largest absolute Gasteiger partial charge is 0.379 e. The Labute approximate surface area is 182 Å². The fourth-order valence-corrected chi connectivity index (χ4v) is 4.65. The first kappa shape index (κ1) is 23.3. The van der Waals surface area contributed by atoms with Gasteiger partial charge in [-0.25, -0.2) is 4.99 Å². The summed E-state index contributed by atoms with van der Waals surface area (Å²) in [7, 11) is 3.55. The van der Waals surface area contributed by atoms with E-state index >= 15 is 0 Å². The number of hydrogen-bond donors (Lipinski definition) is 2. The molecular formula is C22H42N6O2. The molecule has 0 spiro atoms. The molecule has 2 saturated heterocycles. The third-order valence-electron chi connectivity index (χ3n) is 6.66. The van der Waals surface area contributed by atoms with E-state index in [-0.39, 0.29) is 12.5 Å². The maximum Gasteiger partial charge on any atom is 0.243 e. The van der Waals surface area contributed by atoms with Gasteiger partial charge in [0.2, 0.25) is 5.91 Å². The first-order chi connectivity index (χ1) is 14.6. The lowest BCUT2D eigenvalue weighted by molar-refractivity contribution is -0.127. The van der Waals surface area contributed by atoms with Gasteiger partial charge in [0.25, 0.3) is 0 Å². The van der Waals surface area contributed by atoms with Crippen molar-refractivity contribution < 1.29 is 9.53 Å². The van der Waals surface area contributed by atoms with Crippen LogP contribution in [-0.2, 0) is 9.53 Å². The van der Waals surface area contributed by atoms with Crippen LogP contribution in [-0.4, -0.2) is 112 Å². The predicted octanol–water partition coefficient (Wildman–Crippen LogP) is 0.739. The second-order valence-corrected chi connectivity index (χ2v) is 9.08. The van der Waals surface area contributed by atoms with Gasteiger partial charge in [0.15, 0.2) is 5.96 Å². The molecular weight excluding hydrogens is 380 g/mol. The zero-order chi connectivity index (χ0) is 21.2. The molecule has 0 aromatic rings. The maximum absolute atomic E-state index is 12.0. The number of hydrogen-bond acceptors (Lipinski definition) is 5. The number of amides is 1. The molecule has 1 saturated carbocycles. The van der Waals surface area contributed by atoms with Gasteiger partial charge in [-0.2, -0.15) is 0 Å². The molecule has 0 aromatic carbocycles. The van der Waals surface area contributed by atoms with Crippen molar-refractivity contribution in [3.63, 3.8) is 0 Å². The molecule has 0 atom stereocenters. The molecule has 0 aromatic heterocycles. The van der Waals surface area contributed by atoms with Crippen molar-refractivity contribution in [1.82, 2.24) is 25.3 Å². The molecule has 8 heteroatoms. The number of piperidine rings is 1. The molecule has 0 radical (unpaired) electrons. The molecule has 2 aliphatic heterocycles. The quantitative estimate of drug-likeness (QED) is 0.466. The summed E-state index contributed by atoms with van der Waals surface area (Å²) in [6.07, 6.45) is 9.24. The molecule has 8 nitrogen and oxygen atoms in total. The van der Waals surface area contributed by atoms with Crippen LogP contribution in [0.15, 0.2) is 4.99 Å². The van der Waals surface area contributed by atoms with Gasteiger partial charge in [-0.1, -0.05) is 19.3 Å². The number of nitrogens with one attached hydrogen (secondary N) is 2. The van der Waals surface area contributed by atoms with Crippen molar-refractivity contribution in [1.29, 1.82) is 0 Å². The number of ether oxygens (including phenoxy) is 1. The van der Waals surface area contributed by atoms with Crippen LogP contribution in [0.2, 0.25) is 0 Å². The number of carbonyl (C=O) groups is 1. The van der Waals surface area contributed by atoms with Crippen LogP contribution in [0, 0.1) is 0 Å². The van der Waals surface area contributed by atoms with E-state index < -0.39 is 0 Å². The van der Waals surface area contributed by atoms with Crippen molar-refractivity contribution >= 4 is 11.9 Å². The van der Waals surface area contributed by atoms with Crippen molar-refractivity contribution in [2.75, 3.05) is 73.1 Å². The van der Waals surface area contributed by atoms with Crippen molar-refractivity contribution in [2.24, 2.45) is 4.99 Å². The van der Waals surface area contributed by atoms with E-state index in [1.165, 1.54) is 45.2 Å². The Hall–Kier alpha value is -1.38. The molecule has 1 aliphatic carbocycles. The van der Waals surface area contributed by atoms with E-state index in [9.17, 15) is 4.79 Å². The summed E-state index contributed by atoms with van der Waals surface area (Å²) in [5.41, 5.74) is 0. The van der Waals surface area contributed by atoms with E-state index in [2.05, 4.69) is 25.4 Å². The Bertz CT molecular complexity index is 536. The van der Waals surface area contributed by atoms with E-state index in [0.717, 1.165) is 64.2 Å². The highest BCUT2D eigenvalue weighted by Crippen LogP contribution is 2.25. The summed E-state index contributed by atoms with van der Waals surface area (Å²) in [5.74, 6) is 0.797. The molecule has 1 amide bonds. The van der Waals surface area contributed by atoms with Gasteiger partial charge in [-0.15, -0.1) is 0 Å². The van der Waals surface area contributed by atoms with Crippen molar-refractivity contribution in [3.8, 4) is 0 Å². The number of likely N-dealkylation sites (N-methyl/N-ethyl adjacent to an activating group) is 1. The zero-order valence-electron chi connectivity index (χ0n) is 19.1. The van der Waals surface area contributed by atoms with Crippen LogP contribution in [0.5, 0.6) is 0 Å². The average Bonchev–Trinajstić information content (AvgIpc) is 2.79. The summed E-state index contributed by atoms with van der Waals surface area (Å²) < 4.78 is 5.42.